The molecule has 2 atom stereocenters. The highest BCUT2D eigenvalue weighted by Gasteiger charge is 2.30. The second-order valence-corrected chi connectivity index (χ2v) is 7.40. The molecule has 9 heteroatoms. The Morgan fingerprint density at radius 3 is 2.17 bits per heavy atom. The van der Waals surface area contributed by atoms with E-state index in [-0.39, 0.29) is 18.9 Å². The molecule has 0 bridgehead atoms. The number of nitrogens with zero attached hydrogens (tertiary/aromatic N) is 1. The molecule has 160 valence electrons. The van der Waals surface area contributed by atoms with E-state index in [1.807, 2.05) is 12.5 Å². The molecule has 0 saturated heterocycles. The Morgan fingerprint density at radius 2 is 1.69 bits per heavy atom. The van der Waals surface area contributed by atoms with E-state index in [4.69, 9.17) is 14.2 Å². The minimum absolute atomic E-state index is 0.0591. The van der Waals surface area contributed by atoms with Gasteiger partial charge in [-0.2, -0.15) is 0 Å². The zero-order valence-electron chi connectivity index (χ0n) is 17.2. The molecule has 0 aliphatic heterocycles. The van der Waals surface area contributed by atoms with Crippen LogP contribution in [0.5, 0.6) is 5.75 Å². The quantitative estimate of drug-likeness (QED) is 0.270. The minimum Gasteiger partial charge on any atom is -0.497 e. The van der Waals surface area contributed by atoms with Crippen molar-refractivity contribution in [2.45, 2.75) is 20.0 Å². The van der Waals surface area contributed by atoms with Crippen LogP contribution in [0.15, 0.2) is 41.0 Å². The van der Waals surface area contributed by atoms with Crippen molar-refractivity contribution in [2.75, 3.05) is 32.8 Å². The van der Waals surface area contributed by atoms with E-state index >= 15 is 0 Å². The first-order valence-electron chi connectivity index (χ1n) is 8.95. The van der Waals surface area contributed by atoms with Crippen molar-refractivity contribution in [3.05, 3.63) is 41.6 Å². The zero-order valence-corrected chi connectivity index (χ0v) is 18.8. The van der Waals surface area contributed by atoms with Crippen molar-refractivity contribution in [3.8, 4) is 5.75 Å². The number of aliphatic imine (C=N–C) groups is 1. The first-order valence-corrected chi connectivity index (χ1v) is 11.4. The number of rotatable bonds is 9. The van der Waals surface area contributed by atoms with Crippen LogP contribution < -0.4 is 4.74 Å². The largest absolute Gasteiger partial charge is 0.497 e. The molecule has 0 amide bonds. The summed E-state index contributed by atoms with van der Waals surface area (Å²) in [7, 11) is 1.54. The van der Waals surface area contributed by atoms with Gasteiger partial charge in [-0.1, -0.05) is 12.1 Å². The number of methoxy groups -OCH3 is 1. The summed E-state index contributed by atoms with van der Waals surface area (Å²) in [6.07, 6.45) is 3.71. The Hall–Kier alpha value is -1.97. The third-order valence-electron chi connectivity index (χ3n) is 3.74. The first-order chi connectivity index (χ1) is 13.9. The van der Waals surface area contributed by atoms with Crippen molar-refractivity contribution >= 4 is 39.8 Å². The van der Waals surface area contributed by atoms with Gasteiger partial charge in [0.1, 0.15) is 21.7 Å². The van der Waals surface area contributed by atoms with E-state index in [1.165, 1.54) is 36.7 Å². The zero-order chi connectivity index (χ0) is 21.8. The normalized spacial score (nSPS) is 13.2. The fourth-order valence-electron chi connectivity index (χ4n) is 2.33. The first kappa shape index (κ1) is 25.1. The molecule has 0 fully saturated rings. The molecule has 0 unspecified atom stereocenters. The van der Waals surface area contributed by atoms with E-state index in [0.717, 1.165) is 0 Å². The SMILES string of the molecule is CCOC(=O)/C(=C/[C@@H](C(=O)OCC)[C@@H](O)c1ccc(OC)cc1)N=C(SC)SC. The monoisotopic (exact) mass is 441 g/mol. The Morgan fingerprint density at radius 1 is 1.10 bits per heavy atom. The molecular weight excluding hydrogens is 414 g/mol. The summed E-state index contributed by atoms with van der Waals surface area (Å²) in [6.45, 7) is 3.64. The molecule has 7 nitrogen and oxygen atoms in total. The van der Waals surface area contributed by atoms with Gasteiger partial charge in [0.25, 0.3) is 0 Å². The summed E-state index contributed by atoms with van der Waals surface area (Å²) in [6, 6.07) is 6.64. The molecule has 0 saturated carbocycles. The fourth-order valence-corrected chi connectivity index (χ4v) is 3.38. The lowest BCUT2D eigenvalue weighted by atomic mass is 9.94. The summed E-state index contributed by atoms with van der Waals surface area (Å²) < 4.78 is 15.9. The van der Waals surface area contributed by atoms with Gasteiger partial charge >= 0.3 is 11.9 Å². The maximum atomic E-state index is 12.6. The summed E-state index contributed by atoms with van der Waals surface area (Å²) in [5.74, 6) is -1.87. The number of hydrogen-bond donors (Lipinski definition) is 1. The number of carbonyl (C=O) groups excluding carboxylic acids is 2. The highest BCUT2D eigenvalue weighted by Crippen LogP contribution is 2.28. The van der Waals surface area contributed by atoms with Crippen molar-refractivity contribution < 1.29 is 28.9 Å². The summed E-state index contributed by atoms with van der Waals surface area (Å²) in [5, 5.41) is 10.9. The number of thioether (sulfide) groups is 2. The average Bonchev–Trinajstić information content (AvgIpc) is 2.74. The topological polar surface area (TPSA) is 94.4 Å². The van der Waals surface area contributed by atoms with Gasteiger partial charge in [-0.25, -0.2) is 9.79 Å². The second kappa shape index (κ2) is 13.3. The maximum Gasteiger partial charge on any atom is 0.356 e. The van der Waals surface area contributed by atoms with E-state index < -0.39 is 24.0 Å². The molecule has 29 heavy (non-hydrogen) atoms. The van der Waals surface area contributed by atoms with Gasteiger partial charge in [-0.15, -0.1) is 23.5 Å². The van der Waals surface area contributed by atoms with Crippen LogP contribution in [0, 0.1) is 5.92 Å². The summed E-state index contributed by atoms with van der Waals surface area (Å²) in [4.78, 5) is 29.3. The third-order valence-corrected chi connectivity index (χ3v) is 5.62. The highest BCUT2D eigenvalue weighted by atomic mass is 32.2. The van der Waals surface area contributed by atoms with Crippen LogP contribution in [-0.2, 0) is 19.1 Å². The van der Waals surface area contributed by atoms with Gasteiger partial charge in [-0.05, 0) is 50.1 Å². The lowest BCUT2D eigenvalue weighted by molar-refractivity contribution is -0.149. The summed E-state index contributed by atoms with van der Waals surface area (Å²) in [5.41, 5.74) is 0.415. The fraction of sp³-hybridized carbons (Fsp3) is 0.450. The molecule has 1 rings (SSSR count). The van der Waals surface area contributed by atoms with Crippen molar-refractivity contribution in [2.24, 2.45) is 10.9 Å². The molecule has 0 aliphatic carbocycles. The van der Waals surface area contributed by atoms with E-state index in [9.17, 15) is 14.7 Å². The van der Waals surface area contributed by atoms with Crippen LogP contribution in [-0.4, -0.2) is 54.3 Å². The number of hydrogen-bond acceptors (Lipinski definition) is 9. The Kier molecular flexibility index (Phi) is 11.5. The molecule has 0 spiro atoms. The second-order valence-electron chi connectivity index (χ2n) is 5.55. The van der Waals surface area contributed by atoms with Gasteiger partial charge in [0, 0.05) is 0 Å². The van der Waals surface area contributed by atoms with Gasteiger partial charge in [-0.3, -0.25) is 4.79 Å². The Balaban J connectivity index is 3.41. The lowest BCUT2D eigenvalue weighted by Crippen LogP contribution is -2.24. The van der Waals surface area contributed by atoms with Crippen LogP contribution in [0.25, 0.3) is 0 Å². The van der Waals surface area contributed by atoms with Crippen LogP contribution in [0.4, 0.5) is 0 Å². The Bertz CT molecular complexity index is 727. The Labute approximate surface area is 179 Å². The molecule has 0 aromatic heterocycles. The van der Waals surface area contributed by atoms with Gasteiger partial charge in [0.15, 0.2) is 0 Å². The highest BCUT2D eigenvalue weighted by molar-refractivity contribution is 8.38. The third kappa shape index (κ3) is 7.75. The van der Waals surface area contributed by atoms with Gasteiger partial charge in [0.2, 0.25) is 0 Å². The molecular formula is C20H27NO6S2. The molecule has 1 aromatic carbocycles. The number of aliphatic hydroxyl groups excluding tert-OH is 1. The van der Waals surface area contributed by atoms with Crippen LogP contribution in [0.3, 0.4) is 0 Å². The summed E-state index contributed by atoms with van der Waals surface area (Å²) >= 11 is 2.72. The smallest absolute Gasteiger partial charge is 0.356 e. The van der Waals surface area contributed by atoms with E-state index in [1.54, 1.807) is 38.1 Å². The number of ether oxygens (including phenoxy) is 3. The number of carbonyl (C=O) groups is 2. The standard InChI is InChI=1S/C20H27NO6S2/c1-6-26-18(23)15(17(22)13-8-10-14(25-3)11-9-13)12-16(19(24)27-7-2)21-20(28-4)29-5/h8-12,15,17,22H,6-7H2,1-5H3/b16-12-/t15-,17+/m1/s1. The molecule has 1 N–H and O–H groups in total. The van der Waals surface area contributed by atoms with Crippen molar-refractivity contribution in [1.29, 1.82) is 0 Å². The molecule has 0 radical (unpaired) electrons. The van der Waals surface area contributed by atoms with Crippen LogP contribution in [0.2, 0.25) is 0 Å². The molecule has 1 aromatic rings. The predicted octanol–water partition coefficient (Wildman–Crippen LogP) is 3.44. The van der Waals surface area contributed by atoms with Crippen LogP contribution >= 0.6 is 23.5 Å². The molecule has 0 heterocycles. The maximum absolute atomic E-state index is 12.6. The van der Waals surface area contributed by atoms with E-state index in [0.29, 0.717) is 15.7 Å². The van der Waals surface area contributed by atoms with Gasteiger partial charge < -0.3 is 19.3 Å². The van der Waals surface area contributed by atoms with E-state index in [2.05, 4.69) is 4.99 Å². The number of benzene rings is 1. The van der Waals surface area contributed by atoms with Crippen molar-refractivity contribution in [3.63, 3.8) is 0 Å². The minimum atomic E-state index is -1.24. The number of esters is 2. The van der Waals surface area contributed by atoms with Crippen molar-refractivity contribution in [1.82, 2.24) is 0 Å². The van der Waals surface area contributed by atoms with Crippen LogP contribution in [0.1, 0.15) is 25.5 Å². The lowest BCUT2D eigenvalue weighted by Gasteiger charge is -2.20. The average molecular weight is 442 g/mol. The predicted molar refractivity (Wildman–Crippen MR) is 117 cm³/mol. The van der Waals surface area contributed by atoms with Gasteiger partial charge in [0.05, 0.1) is 26.4 Å². The molecule has 0 aliphatic rings. The number of aliphatic hydroxyl groups is 1.